The molecule has 276 valence electrons. The average molecular weight is 752 g/mol. The molecule has 0 spiro atoms. The van der Waals surface area contributed by atoms with E-state index in [-0.39, 0.29) is 28.5 Å². The SMILES string of the molecule is CNC(=O)c1c(-c2ccc(F)cc2)oc2cc(N(C)S(C)(=O)=O)c(-c3ccc4nc(CN5CCN(C(C)=O)CC5)n5c6cccc(F)c6cc5c4n3)cc12. The van der Waals surface area contributed by atoms with Crippen LogP contribution in [0, 0.1) is 11.6 Å². The van der Waals surface area contributed by atoms with E-state index < -0.39 is 27.6 Å². The number of amides is 2. The first-order chi connectivity index (χ1) is 25.8. The molecule has 0 atom stereocenters. The van der Waals surface area contributed by atoms with Crippen molar-refractivity contribution >= 4 is 65.9 Å². The number of hydrogen-bond acceptors (Lipinski definition) is 8. The Morgan fingerprint density at radius 3 is 2.35 bits per heavy atom. The van der Waals surface area contributed by atoms with E-state index in [0.717, 1.165) is 10.6 Å². The van der Waals surface area contributed by atoms with Crippen LogP contribution in [0.3, 0.4) is 0 Å². The first kappa shape index (κ1) is 35.1. The van der Waals surface area contributed by atoms with Gasteiger partial charge >= 0.3 is 0 Å². The minimum Gasteiger partial charge on any atom is -0.455 e. The van der Waals surface area contributed by atoms with E-state index in [0.29, 0.717) is 88.2 Å². The summed E-state index contributed by atoms with van der Waals surface area (Å²) in [4.78, 5) is 39.4. The lowest BCUT2D eigenvalue weighted by Gasteiger charge is -2.34. The van der Waals surface area contributed by atoms with Crippen LogP contribution in [-0.2, 0) is 21.4 Å². The Morgan fingerprint density at radius 2 is 1.67 bits per heavy atom. The molecule has 1 aliphatic rings. The number of rotatable bonds is 7. The van der Waals surface area contributed by atoms with E-state index in [1.54, 1.807) is 43.3 Å². The highest BCUT2D eigenvalue weighted by atomic mass is 32.2. The van der Waals surface area contributed by atoms with Crippen LogP contribution in [0.2, 0.25) is 0 Å². The molecule has 3 aromatic carbocycles. The highest BCUT2D eigenvalue weighted by molar-refractivity contribution is 7.92. The summed E-state index contributed by atoms with van der Waals surface area (Å²) in [5.74, 6) is -0.431. The molecule has 0 saturated carbocycles. The fraction of sp³-hybridized carbons (Fsp3) is 0.231. The van der Waals surface area contributed by atoms with Crippen LogP contribution >= 0.6 is 0 Å². The van der Waals surface area contributed by atoms with E-state index in [1.807, 2.05) is 15.4 Å². The van der Waals surface area contributed by atoms with Crippen molar-refractivity contribution in [1.29, 1.82) is 0 Å². The Bertz CT molecular complexity index is 2770. The number of benzene rings is 3. The predicted molar refractivity (Wildman–Crippen MR) is 203 cm³/mol. The Balaban J connectivity index is 1.35. The molecule has 15 heteroatoms. The molecule has 1 fully saturated rings. The monoisotopic (exact) mass is 751 g/mol. The molecule has 1 N–H and O–H groups in total. The lowest BCUT2D eigenvalue weighted by atomic mass is 10.0. The number of nitrogens with one attached hydrogen (secondary N) is 1. The Labute approximate surface area is 308 Å². The molecule has 0 aliphatic carbocycles. The van der Waals surface area contributed by atoms with E-state index in [4.69, 9.17) is 14.4 Å². The number of halogens is 2. The van der Waals surface area contributed by atoms with Gasteiger partial charge in [0.15, 0.2) is 0 Å². The summed E-state index contributed by atoms with van der Waals surface area (Å²) in [7, 11) is -0.911. The smallest absolute Gasteiger partial charge is 0.255 e. The molecule has 2 amide bonds. The number of anilines is 1. The third kappa shape index (κ3) is 5.98. The number of aromatic nitrogens is 3. The van der Waals surface area contributed by atoms with Gasteiger partial charge in [-0.1, -0.05) is 6.07 Å². The summed E-state index contributed by atoms with van der Waals surface area (Å²) < 4.78 is 64.4. The summed E-state index contributed by atoms with van der Waals surface area (Å²) in [6.45, 7) is 4.50. The second kappa shape index (κ2) is 13.2. The van der Waals surface area contributed by atoms with E-state index in [9.17, 15) is 22.4 Å². The standard InChI is InChI=1S/C39H35F2N7O5S/c1-22(49)47-16-14-46(15-17-47)21-35-43-30-13-12-29(44-37(30)33-19-25-28(41)6-5-7-31(25)48(33)35)26-18-27-34(20-32(26)45(3)54(4,51)52)53-38(36(27)39(50)42-2)23-8-10-24(40)11-9-23/h5-13,18-20H,14-17,21H2,1-4H3,(H,42,50). The molecule has 4 aromatic heterocycles. The number of carbonyl (C=O) groups excluding carboxylic acids is 2. The van der Waals surface area contributed by atoms with Gasteiger partial charge in [-0.05, 0) is 60.7 Å². The number of hydrogen-bond donors (Lipinski definition) is 1. The van der Waals surface area contributed by atoms with Crippen molar-refractivity contribution in [2.45, 2.75) is 13.5 Å². The van der Waals surface area contributed by atoms with Gasteiger partial charge in [0.1, 0.15) is 34.3 Å². The van der Waals surface area contributed by atoms with E-state index in [2.05, 4.69) is 10.2 Å². The maximum Gasteiger partial charge on any atom is 0.255 e. The van der Waals surface area contributed by atoms with E-state index in [1.165, 1.54) is 44.4 Å². The van der Waals surface area contributed by atoms with Crippen LogP contribution < -0.4 is 9.62 Å². The number of furan rings is 1. The van der Waals surface area contributed by atoms with Crippen LogP contribution in [0.4, 0.5) is 14.5 Å². The first-order valence-corrected chi connectivity index (χ1v) is 19.1. The number of fused-ring (bicyclic) bond motifs is 6. The Hall–Kier alpha value is -5.93. The zero-order chi connectivity index (χ0) is 38.1. The minimum absolute atomic E-state index is 0.0330. The van der Waals surface area contributed by atoms with Crippen molar-refractivity contribution < 1.29 is 31.2 Å². The van der Waals surface area contributed by atoms with Crippen molar-refractivity contribution in [3.8, 4) is 22.6 Å². The number of piperazine rings is 1. The van der Waals surface area contributed by atoms with Gasteiger partial charge in [0.2, 0.25) is 15.9 Å². The zero-order valence-corrected chi connectivity index (χ0v) is 30.7. The fourth-order valence-corrected chi connectivity index (χ4v) is 7.68. The molecule has 0 radical (unpaired) electrons. The summed E-state index contributed by atoms with van der Waals surface area (Å²) in [5, 5.41) is 3.42. The molecular formula is C39H35F2N7O5S. The fourth-order valence-electron chi connectivity index (χ4n) is 7.17. The normalized spacial score (nSPS) is 14.1. The lowest BCUT2D eigenvalue weighted by Crippen LogP contribution is -2.47. The molecule has 0 bridgehead atoms. The second-order valence-electron chi connectivity index (χ2n) is 13.4. The van der Waals surface area contributed by atoms with Gasteiger partial charge < -0.3 is 14.6 Å². The van der Waals surface area contributed by atoms with Crippen molar-refractivity contribution in [1.82, 2.24) is 29.5 Å². The molecule has 0 unspecified atom stereocenters. The number of nitrogens with zero attached hydrogens (tertiary/aromatic N) is 6. The number of pyridine rings is 1. The lowest BCUT2D eigenvalue weighted by molar-refractivity contribution is -0.130. The van der Waals surface area contributed by atoms with Crippen LogP contribution in [0.15, 0.2) is 77.2 Å². The van der Waals surface area contributed by atoms with Crippen molar-refractivity contribution in [2.24, 2.45) is 0 Å². The molecule has 5 heterocycles. The van der Waals surface area contributed by atoms with Gasteiger partial charge in [0.25, 0.3) is 5.91 Å². The van der Waals surface area contributed by atoms with Gasteiger partial charge in [-0.15, -0.1) is 0 Å². The average Bonchev–Trinajstić information content (AvgIpc) is 3.74. The third-order valence-electron chi connectivity index (χ3n) is 10.1. The van der Waals surface area contributed by atoms with Gasteiger partial charge in [-0.25, -0.2) is 27.2 Å². The maximum absolute atomic E-state index is 15.3. The highest BCUT2D eigenvalue weighted by Gasteiger charge is 2.27. The van der Waals surface area contributed by atoms with Crippen LogP contribution in [-0.4, -0.2) is 90.9 Å². The van der Waals surface area contributed by atoms with Crippen molar-refractivity contribution in [2.75, 3.05) is 50.8 Å². The van der Waals surface area contributed by atoms with Gasteiger partial charge in [-0.3, -0.25) is 23.2 Å². The summed E-state index contributed by atoms with van der Waals surface area (Å²) in [6, 6.07) is 18.8. The molecule has 7 aromatic rings. The van der Waals surface area contributed by atoms with Gasteiger partial charge in [0, 0.05) is 75.2 Å². The maximum atomic E-state index is 15.3. The first-order valence-electron chi connectivity index (χ1n) is 17.2. The molecule has 8 rings (SSSR count). The zero-order valence-electron chi connectivity index (χ0n) is 29.9. The van der Waals surface area contributed by atoms with Crippen LogP contribution in [0.25, 0.3) is 61.0 Å². The second-order valence-corrected chi connectivity index (χ2v) is 15.4. The largest absolute Gasteiger partial charge is 0.455 e. The van der Waals surface area contributed by atoms with Crippen LogP contribution in [0.1, 0.15) is 23.1 Å². The topological polar surface area (TPSA) is 133 Å². The Kier molecular flexibility index (Phi) is 8.57. The molecule has 12 nitrogen and oxygen atoms in total. The van der Waals surface area contributed by atoms with Gasteiger partial charge in [-0.2, -0.15) is 0 Å². The molecule has 1 saturated heterocycles. The summed E-state index contributed by atoms with van der Waals surface area (Å²) >= 11 is 0. The molecular weight excluding hydrogens is 717 g/mol. The van der Waals surface area contributed by atoms with Crippen LogP contribution in [0.5, 0.6) is 0 Å². The van der Waals surface area contributed by atoms with Crippen molar-refractivity contribution in [3.05, 3.63) is 95.8 Å². The highest BCUT2D eigenvalue weighted by Crippen LogP contribution is 2.41. The quantitative estimate of drug-likeness (QED) is 0.216. The van der Waals surface area contributed by atoms with Gasteiger partial charge in [0.05, 0.1) is 46.3 Å². The third-order valence-corrected chi connectivity index (χ3v) is 11.3. The number of sulfonamides is 1. The Morgan fingerprint density at radius 1 is 0.926 bits per heavy atom. The summed E-state index contributed by atoms with van der Waals surface area (Å²) in [6.07, 6.45) is 1.08. The number of carbonyl (C=O) groups is 2. The molecule has 54 heavy (non-hydrogen) atoms. The molecule has 1 aliphatic heterocycles. The summed E-state index contributed by atoms with van der Waals surface area (Å²) in [5.41, 5.74) is 4.05. The van der Waals surface area contributed by atoms with E-state index >= 15 is 4.39 Å². The van der Waals surface area contributed by atoms with Crippen molar-refractivity contribution in [3.63, 3.8) is 0 Å². The minimum atomic E-state index is -3.81. The predicted octanol–water partition coefficient (Wildman–Crippen LogP) is 5.81.